The number of furan rings is 1. The maximum absolute atomic E-state index is 12.3. The summed E-state index contributed by atoms with van der Waals surface area (Å²) in [5.41, 5.74) is 4.56. The van der Waals surface area contributed by atoms with Crippen molar-refractivity contribution in [3.63, 3.8) is 0 Å². The lowest BCUT2D eigenvalue weighted by molar-refractivity contribution is 0.0996. The molecule has 0 unspecified atom stereocenters. The molecule has 1 amide bonds. The number of carbonyl (C=O) groups excluding carboxylic acids is 1. The second kappa shape index (κ2) is 5.52. The number of aromatic nitrogens is 2. The standard InChI is InChI=1S/C17H17N3O2/c1-11-4-5-13(15-6-8-18-20(15)3)10-14(11)19-17(21)16-12(2)7-9-22-16/h4-10H,1-3H3,(H,19,21). The van der Waals surface area contributed by atoms with Gasteiger partial charge in [-0.15, -0.1) is 0 Å². The van der Waals surface area contributed by atoms with Crippen LogP contribution >= 0.6 is 0 Å². The minimum atomic E-state index is -0.243. The van der Waals surface area contributed by atoms with Crippen LogP contribution in [-0.2, 0) is 7.05 Å². The fourth-order valence-electron chi connectivity index (χ4n) is 2.36. The zero-order valence-corrected chi connectivity index (χ0v) is 12.8. The molecule has 1 N–H and O–H groups in total. The fourth-order valence-corrected chi connectivity index (χ4v) is 2.36. The third-order valence-electron chi connectivity index (χ3n) is 3.67. The molecule has 2 aromatic heterocycles. The monoisotopic (exact) mass is 295 g/mol. The fraction of sp³-hybridized carbons (Fsp3) is 0.176. The molecule has 0 aliphatic heterocycles. The minimum Gasteiger partial charge on any atom is -0.459 e. The summed E-state index contributed by atoms with van der Waals surface area (Å²) in [7, 11) is 1.89. The summed E-state index contributed by atoms with van der Waals surface area (Å²) in [6.07, 6.45) is 3.27. The molecule has 0 aliphatic carbocycles. The van der Waals surface area contributed by atoms with Gasteiger partial charge < -0.3 is 9.73 Å². The van der Waals surface area contributed by atoms with Gasteiger partial charge in [-0.05, 0) is 37.6 Å². The van der Waals surface area contributed by atoms with E-state index in [0.29, 0.717) is 5.76 Å². The van der Waals surface area contributed by atoms with E-state index in [-0.39, 0.29) is 5.91 Å². The lowest BCUT2D eigenvalue weighted by Gasteiger charge is -2.10. The normalized spacial score (nSPS) is 10.7. The molecule has 3 rings (SSSR count). The quantitative estimate of drug-likeness (QED) is 0.804. The number of nitrogens with one attached hydrogen (secondary N) is 1. The lowest BCUT2D eigenvalue weighted by atomic mass is 10.1. The first kappa shape index (κ1) is 14.1. The highest BCUT2D eigenvalue weighted by Crippen LogP contribution is 2.25. The van der Waals surface area contributed by atoms with Crippen LogP contribution in [0.4, 0.5) is 5.69 Å². The van der Waals surface area contributed by atoms with Crippen molar-refractivity contribution in [1.29, 1.82) is 0 Å². The van der Waals surface area contributed by atoms with Crippen LogP contribution in [0.1, 0.15) is 21.7 Å². The van der Waals surface area contributed by atoms with Crippen LogP contribution in [0.15, 0.2) is 47.2 Å². The molecule has 0 atom stereocenters. The number of amides is 1. The Kier molecular flexibility index (Phi) is 3.55. The Bertz CT molecular complexity index is 830. The van der Waals surface area contributed by atoms with Crippen LogP contribution < -0.4 is 5.32 Å². The summed E-state index contributed by atoms with van der Waals surface area (Å²) in [5.74, 6) is 0.0955. The molecule has 0 saturated heterocycles. The average Bonchev–Trinajstić information content (AvgIpc) is 3.10. The number of nitrogens with zero attached hydrogens (tertiary/aromatic N) is 2. The number of hydrogen-bond acceptors (Lipinski definition) is 3. The molecule has 3 aromatic rings. The number of aryl methyl sites for hydroxylation is 3. The first-order valence-corrected chi connectivity index (χ1v) is 7.01. The number of carbonyl (C=O) groups is 1. The van der Waals surface area contributed by atoms with Crippen LogP contribution in [0.5, 0.6) is 0 Å². The summed E-state index contributed by atoms with van der Waals surface area (Å²) >= 11 is 0. The van der Waals surface area contributed by atoms with Crippen molar-refractivity contribution in [3.05, 3.63) is 59.7 Å². The molecule has 2 heterocycles. The number of benzene rings is 1. The Morgan fingerprint density at radius 1 is 1.18 bits per heavy atom. The SMILES string of the molecule is Cc1ccc(-c2ccnn2C)cc1NC(=O)c1occc1C. The van der Waals surface area contributed by atoms with Crippen molar-refractivity contribution in [2.45, 2.75) is 13.8 Å². The molecule has 5 heteroatoms. The van der Waals surface area contributed by atoms with Gasteiger partial charge >= 0.3 is 0 Å². The average molecular weight is 295 g/mol. The van der Waals surface area contributed by atoms with E-state index in [1.807, 2.05) is 45.2 Å². The highest BCUT2D eigenvalue weighted by molar-refractivity contribution is 6.03. The zero-order chi connectivity index (χ0) is 15.7. The molecular weight excluding hydrogens is 278 g/mol. The molecule has 1 aromatic carbocycles. The lowest BCUT2D eigenvalue weighted by Crippen LogP contribution is -2.13. The molecule has 112 valence electrons. The summed E-state index contributed by atoms with van der Waals surface area (Å²) in [4.78, 5) is 12.3. The maximum atomic E-state index is 12.3. The first-order valence-electron chi connectivity index (χ1n) is 7.01. The van der Waals surface area contributed by atoms with Crippen LogP contribution in [0.3, 0.4) is 0 Å². The Labute approximate surface area is 128 Å². The van der Waals surface area contributed by atoms with E-state index >= 15 is 0 Å². The van der Waals surface area contributed by atoms with Gasteiger partial charge in [-0.25, -0.2) is 0 Å². The van der Waals surface area contributed by atoms with Gasteiger partial charge in [0.05, 0.1) is 12.0 Å². The van der Waals surface area contributed by atoms with Gasteiger partial charge in [-0.3, -0.25) is 9.48 Å². The molecule has 22 heavy (non-hydrogen) atoms. The van der Waals surface area contributed by atoms with E-state index < -0.39 is 0 Å². The van der Waals surface area contributed by atoms with Crippen molar-refractivity contribution >= 4 is 11.6 Å². The topological polar surface area (TPSA) is 60.1 Å². The number of rotatable bonds is 3. The minimum absolute atomic E-state index is 0.243. The second-order valence-corrected chi connectivity index (χ2v) is 5.26. The van der Waals surface area contributed by atoms with Gasteiger partial charge in [0.2, 0.25) is 0 Å². The smallest absolute Gasteiger partial charge is 0.291 e. The molecule has 0 bridgehead atoms. The van der Waals surface area contributed by atoms with E-state index in [2.05, 4.69) is 10.4 Å². The summed E-state index contributed by atoms with van der Waals surface area (Å²) in [6, 6.07) is 9.65. The van der Waals surface area contributed by atoms with E-state index in [0.717, 1.165) is 28.1 Å². The van der Waals surface area contributed by atoms with E-state index in [4.69, 9.17) is 4.42 Å². The van der Waals surface area contributed by atoms with Crippen molar-refractivity contribution in [2.24, 2.45) is 7.05 Å². The predicted molar refractivity (Wildman–Crippen MR) is 84.8 cm³/mol. The van der Waals surface area contributed by atoms with Crippen molar-refractivity contribution in [2.75, 3.05) is 5.32 Å². The van der Waals surface area contributed by atoms with E-state index in [9.17, 15) is 4.79 Å². The van der Waals surface area contributed by atoms with Crippen molar-refractivity contribution in [1.82, 2.24) is 9.78 Å². The predicted octanol–water partition coefficient (Wildman–Crippen LogP) is 3.55. The van der Waals surface area contributed by atoms with E-state index in [1.165, 1.54) is 6.26 Å². The van der Waals surface area contributed by atoms with Gasteiger partial charge in [0.15, 0.2) is 5.76 Å². The summed E-state index contributed by atoms with van der Waals surface area (Å²) in [6.45, 7) is 3.80. The number of anilines is 1. The zero-order valence-electron chi connectivity index (χ0n) is 12.8. The van der Waals surface area contributed by atoms with Gasteiger partial charge in [0.1, 0.15) is 0 Å². The van der Waals surface area contributed by atoms with Crippen LogP contribution in [-0.4, -0.2) is 15.7 Å². The Morgan fingerprint density at radius 2 is 2.00 bits per heavy atom. The van der Waals surface area contributed by atoms with Gasteiger partial charge in [-0.2, -0.15) is 5.10 Å². The molecule has 5 nitrogen and oxygen atoms in total. The maximum Gasteiger partial charge on any atom is 0.291 e. The highest BCUT2D eigenvalue weighted by Gasteiger charge is 2.14. The first-order chi connectivity index (χ1) is 10.6. The van der Waals surface area contributed by atoms with Crippen LogP contribution in [0.25, 0.3) is 11.3 Å². The summed E-state index contributed by atoms with van der Waals surface area (Å²) < 4.78 is 7.03. The van der Waals surface area contributed by atoms with Gasteiger partial charge in [-0.1, -0.05) is 12.1 Å². The Hall–Kier alpha value is -2.82. The van der Waals surface area contributed by atoms with Crippen LogP contribution in [0.2, 0.25) is 0 Å². The molecule has 0 radical (unpaired) electrons. The largest absolute Gasteiger partial charge is 0.459 e. The van der Waals surface area contributed by atoms with Gasteiger partial charge in [0.25, 0.3) is 5.91 Å². The molecule has 0 spiro atoms. The molecule has 0 saturated carbocycles. The van der Waals surface area contributed by atoms with Gasteiger partial charge in [0, 0.05) is 30.1 Å². The second-order valence-electron chi connectivity index (χ2n) is 5.26. The molecule has 0 aliphatic rings. The van der Waals surface area contributed by atoms with Crippen molar-refractivity contribution < 1.29 is 9.21 Å². The van der Waals surface area contributed by atoms with E-state index in [1.54, 1.807) is 16.9 Å². The van der Waals surface area contributed by atoms with Crippen molar-refractivity contribution in [3.8, 4) is 11.3 Å². The highest BCUT2D eigenvalue weighted by atomic mass is 16.3. The number of hydrogen-bond donors (Lipinski definition) is 1. The third kappa shape index (κ3) is 2.53. The molecule has 0 fully saturated rings. The summed E-state index contributed by atoms with van der Waals surface area (Å²) in [5, 5.41) is 7.09. The van der Waals surface area contributed by atoms with Crippen LogP contribution in [0, 0.1) is 13.8 Å². The molecular formula is C17H17N3O2. The Balaban J connectivity index is 1.93. The third-order valence-corrected chi connectivity index (χ3v) is 3.67. The Morgan fingerprint density at radius 3 is 2.64 bits per heavy atom.